The summed E-state index contributed by atoms with van der Waals surface area (Å²) in [6, 6.07) is 8.50. The maximum absolute atomic E-state index is 14.0. The summed E-state index contributed by atoms with van der Waals surface area (Å²) in [6.45, 7) is 8.71. The number of anilines is 1. The van der Waals surface area contributed by atoms with Crippen LogP contribution in [0.25, 0.3) is 0 Å². The van der Waals surface area contributed by atoms with E-state index in [0.717, 1.165) is 0 Å². The highest BCUT2D eigenvalue weighted by Gasteiger charge is 2.38. The van der Waals surface area contributed by atoms with E-state index in [-0.39, 0.29) is 17.9 Å². The number of benzene rings is 2. The molecule has 0 radical (unpaired) electrons. The molecule has 0 heterocycles. The first kappa shape index (κ1) is 31.4. The second kappa shape index (κ2) is 13.8. The SMILES string of the molecule is CCCCN(C(=O)C(CC(N)=O)NC(=O)OC(C)(C)C)C(C(=O)Nc1c(C)cccc1Cl)c1ccccc1O. The third kappa shape index (κ3) is 9.17. The van der Waals surface area contributed by atoms with Crippen LogP contribution < -0.4 is 16.4 Å². The maximum atomic E-state index is 14.0. The van der Waals surface area contributed by atoms with Crippen LogP contribution in [0.15, 0.2) is 42.5 Å². The number of alkyl carbamates (subject to hydrolysis) is 1. The first-order chi connectivity index (χ1) is 18.2. The number of hydrogen-bond donors (Lipinski definition) is 4. The highest BCUT2D eigenvalue weighted by Crippen LogP contribution is 2.33. The number of rotatable bonds is 11. The van der Waals surface area contributed by atoms with Gasteiger partial charge in [-0.3, -0.25) is 14.4 Å². The van der Waals surface area contributed by atoms with Crippen LogP contribution in [0.4, 0.5) is 10.5 Å². The van der Waals surface area contributed by atoms with Crippen molar-refractivity contribution in [3.63, 3.8) is 0 Å². The lowest BCUT2D eigenvalue weighted by Gasteiger charge is -2.34. The van der Waals surface area contributed by atoms with E-state index in [2.05, 4.69) is 10.6 Å². The predicted molar refractivity (Wildman–Crippen MR) is 149 cm³/mol. The van der Waals surface area contributed by atoms with Crippen LogP contribution >= 0.6 is 11.6 Å². The zero-order chi connectivity index (χ0) is 29.3. The van der Waals surface area contributed by atoms with Gasteiger partial charge in [-0.05, 0) is 51.8 Å². The molecule has 4 amide bonds. The summed E-state index contributed by atoms with van der Waals surface area (Å²) in [4.78, 5) is 53.5. The van der Waals surface area contributed by atoms with E-state index in [4.69, 9.17) is 22.1 Å². The van der Waals surface area contributed by atoms with Crippen molar-refractivity contribution in [3.05, 3.63) is 58.6 Å². The quantitative estimate of drug-likeness (QED) is 0.319. The first-order valence-corrected chi connectivity index (χ1v) is 13.0. The molecule has 0 aromatic heterocycles. The van der Waals surface area contributed by atoms with E-state index in [0.29, 0.717) is 29.1 Å². The maximum Gasteiger partial charge on any atom is 0.408 e. The summed E-state index contributed by atoms with van der Waals surface area (Å²) in [5, 5.41) is 16.2. The fraction of sp³-hybridized carbons (Fsp3) is 0.429. The van der Waals surface area contributed by atoms with Crippen LogP contribution in [0.5, 0.6) is 5.75 Å². The number of ether oxygens (including phenoxy) is 1. The molecule has 5 N–H and O–H groups in total. The molecule has 0 aliphatic carbocycles. The molecule has 10 nitrogen and oxygen atoms in total. The summed E-state index contributed by atoms with van der Waals surface area (Å²) < 4.78 is 5.27. The van der Waals surface area contributed by atoms with Gasteiger partial charge >= 0.3 is 6.09 Å². The Labute approximate surface area is 233 Å². The number of carbonyl (C=O) groups excluding carboxylic acids is 4. The lowest BCUT2D eigenvalue weighted by Crippen LogP contribution is -2.53. The number of primary amides is 1. The number of nitrogens with zero attached hydrogens (tertiary/aromatic N) is 1. The zero-order valence-electron chi connectivity index (χ0n) is 22.9. The number of amides is 4. The lowest BCUT2D eigenvalue weighted by molar-refractivity contribution is -0.142. The Morgan fingerprint density at radius 1 is 1.10 bits per heavy atom. The van der Waals surface area contributed by atoms with Gasteiger partial charge in [0, 0.05) is 12.1 Å². The molecule has 0 fully saturated rings. The summed E-state index contributed by atoms with van der Waals surface area (Å²) in [5.74, 6) is -2.44. The fourth-order valence-corrected chi connectivity index (χ4v) is 4.17. The van der Waals surface area contributed by atoms with Crippen molar-refractivity contribution in [1.29, 1.82) is 0 Å². The third-order valence-electron chi connectivity index (χ3n) is 5.69. The molecule has 0 aliphatic heterocycles. The molecular weight excluding hydrogens is 524 g/mol. The molecule has 2 rings (SSSR count). The number of phenols is 1. The van der Waals surface area contributed by atoms with E-state index < -0.39 is 47.9 Å². The van der Waals surface area contributed by atoms with Crippen molar-refractivity contribution in [2.45, 2.75) is 71.6 Å². The largest absolute Gasteiger partial charge is 0.508 e. The number of hydrogen-bond acceptors (Lipinski definition) is 6. The molecule has 0 saturated heterocycles. The normalized spacial score (nSPS) is 12.7. The molecule has 2 aromatic rings. The summed E-state index contributed by atoms with van der Waals surface area (Å²) >= 11 is 6.34. The smallest absolute Gasteiger partial charge is 0.408 e. The highest BCUT2D eigenvalue weighted by molar-refractivity contribution is 6.34. The minimum absolute atomic E-state index is 0.0779. The topological polar surface area (TPSA) is 151 Å². The second-order valence-corrected chi connectivity index (χ2v) is 10.5. The van der Waals surface area contributed by atoms with Crippen LogP contribution in [0, 0.1) is 6.92 Å². The molecule has 2 aromatic carbocycles. The van der Waals surface area contributed by atoms with Crippen LogP contribution in [0.1, 0.15) is 64.1 Å². The van der Waals surface area contributed by atoms with Crippen molar-refractivity contribution in [2.75, 3.05) is 11.9 Å². The van der Waals surface area contributed by atoms with Crippen LogP contribution in [0.2, 0.25) is 5.02 Å². The first-order valence-electron chi connectivity index (χ1n) is 12.7. The lowest BCUT2D eigenvalue weighted by atomic mass is 10.00. The average molecular weight is 561 g/mol. The van der Waals surface area contributed by atoms with Gasteiger partial charge in [0.15, 0.2) is 0 Å². The molecular formula is C28H37ClN4O6. The Balaban J connectivity index is 2.59. The number of aromatic hydroxyl groups is 1. The van der Waals surface area contributed by atoms with E-state index in [1.807, 2.05) is 6.92 Å². The standard InChI is InChI=1S/C28H37ClN4O6/c1-6-7-15-33(26(37)20(16-22(30)35)31-27(38)39-28(3,4)5)24(18-12-8-9-14-21(18)34)25(36)32-23-17(2)11-10-13-19(23)29/h8-14,20,24,34H,6-7,15-16H2,1-5H3,(H2,30,35)(H,31,38)(H,32,36). The van der Waals surface area contributed by atoms with Gasteiger partial charge in [-0.1, -0.05) is 55.3 Å². The van der Waals surface area contributed by atoms with Crippen molar-refractivity contribution in [3.8, 4) is 5.75 Å². The number of carbonyl (C=O) groups is 4. The average Bonchev–Trinajstić information content (AvgIpc) is 2.82. The molecule has 0 aliphatic rings. The predicted octanol–water partition coefficient (Wildman–Crippen LogP) is 4.43. The van der Waals surface area contributed by atoms with Crippen LogP contribution in [0.3, 0.4) is 0 Å². The van der Waals surface area contributed by atoms with Gasteiger partial charge in [-0.25, -0.2) is 4.79 Å². The van der Waals surface area contributed by atoms with Gasteiger partial charge in [0.25, 0.3) is 5.91 Å². The number of phenolic OH excluding ortho intramolecular Hbond substituents is 1. The molecule has 212 valence electrons. The van der Waals surface area contributed by atoms with Gasteiger partial charge in [0.1, 0.15) is 23.4 Å². The summed E-state index contributed by atoms with van der Waals surface area (Å²) in [5.41, 5.74) is 5.74. The van der Waals surface area contributed by atoms with E-state index >= 15 is 0 Å². The monoisotopic (exact) mass is 560 g/mol. The van der Waals surface area contributed by atoms with Gasteiger partial charge < -0.3 is 31.1 Å². The van der Waals surface area contributed by atoms with Gasteiger partial charge in [0.05, 0.1) is 17.1 Å². The zero-order valence-corrected chi connectivity index (χ0v) is 23.7. The van der Waals surface area contributed by atoms with E-state index in [1.165, 1.54) is 17.0 Å². The van der Waals surface area contributed by atoms with E-state index in [1.54, 1.807) is 58.0 Å². The molecule has 0 bridgehead atoms. The molecule has 39 heavy (non-hydrogen) atoms. The Hall–Kier alpha value is -3.79. The number of unbranched alkanes of at least 4 members (excludes halogenated alkanes) is 1. The number of nitrogens with one attached hydrogen (secondary N) is 2. The van der Waals surface area contributed by atoms with Crippen molar-refractivity contribution >= 4 is 41.1 Å². The second-order valence-electron chi connectivity index (χ2n) is 10.1. The number of para-hydroxylation sites is 2. The fourth-order valence-electron chi connectivity index (χ4n) is 3.90. The minimum Gasteiger partial charge on any atom is -0.508 e. The van der Waals surface area contributed by atoms with Gasteiger partial charge in [0.2, 0.25) is 11.8 Å². The number of aryl methyl sites for hydroxylation is 1. The Kier molecular flexibility index (Phi) is 11.2. The van der Waals surface area contributed by atoms with Crippen LogP contribution in [-0.4, -0.2) is 52.0 Å². The molecule has 2 unspecified atom stereocenters. The Morgan fingerprint density at radius 3 is 2.33 bits per heavy atom. The number of halogens is 1. The molecule has 0 saturated carbocycles. The summed E-state index contributed by atoms with van der Waals surface area (Å²) in [7, 11) is 0. The third-order valence-corrected chi connectivity index (χ3v) is 6.01. The number of nitrogens with two attached hydrogens (primary N) is 1. The van der Waals surface area contributed by atoms with Crippen molar-refractivity contribution < 1.29 is 29.0 Å². The van der Waals surface area contributed by atoms with Crippen molar-refractivity contribution in [1.82, 2.24) is 10.2 Å². The molecule has 11 heteroatoms. The molecule has 0 spiro atoms. The van der Waals surface area contributed by atoms with Crippen molar-refractivity contribution in [2.24, 2.45) is 5.73 Å². The van der Waals surface area contributed by atoms with Crippen LogP contribution in [-0.2, 0) is 19.1 Å². The Bertz CT molecular complexity index is 1180. The summed E-state index contributed by atoms with van der Waals surface area (Å²) in [6.07, 6.45) is -0.292. The Morgan fingerprint density at radius 2 is 1.77 bits per heavy atom. The van der Waals surface area contributed by atoms with Gasteiger partial charge in [-0.15, -0.1) is 0 Å². The molecule has 2 atom stereocenters. The minimum atomic E-state index is -1.42. The van der Waals surface area contributed by atoms with E-state index in [9.17, 15) is 24.3 Å². The highest BCUT2D eigenvalue weighted by atomic mass is 35.5. The van der Waals surface area contributed by atoms with Gasteiger partial charge in [-0.2, -0.15) is 0 Å².